The first-order valence-electron chi connectivity index (χ1n) is 4.95. The fourth-order valence-corrected chi connectivity index (χ4v) is 1.61. The molecule has 1 amide bonds. The molecule has 3 nitrogen and oxygen atoms in total. The number of amides is 1. The van der Waals surface area contributed by atoms with Crippen molar-refractivity contribution in [1.29, 1.82) is 0 Å². The Bertz CT molecular complexity index is 432. The molecule has 1 aliphatic rings. The Hall–Kier alpha value is -1.13. The molecule has 2 N–H and O–H groups in total. The zero-order valence-electron chi connectivity index (χ0n) is 8.46. The molecule has 0 spiro atoms. The predicted octanol–water partition coefficient (Wildman–Crippen LogP) is 1.73. The van der Waals surface area contributed by atoms with Gasteiger partial charge in [-0.25, -0.2) is 4.39 Å². The van der Waals surface area contributed by atoms with Gasteiger partial charge in [0.25, 0.3) is 5.91 Å². The SMILES string of the molecule is O=C(NC1(CO)CC1)c1ccc(Cl)cc1F. The van der Waals surface area contributed by atoms with E-state index in [0.29, 0.717) is 0 Å². The fourth-order valence-electron chi connectivity index (χ4n) is 1.46. The average Bonchev–Trinajstić information content (AvgIpc) is 2.98. The van der Waals surface area contributed by atoms with Crippen LogP contribution < -0.4 is 5.32 Å². The molecular weight excluding hydrogens is 233 g/mol. The number of carbonyl (C=O) groups excluding carboxylic acids is 1. The van der Waals surface area contributed by atoms with E-state index in [4.69, 9.17) is 16.7 Å². The van der Waals surface area contributed by atoms with Crippen molar-refractivity contribution >= 4 is 17.5 Å². The summed E-state index contributed by atoms with van der Waals surface area (Å²) in [5.74, 6) is -1.17. The Morgan fingerprint density at radius 1 is 1.56 bits per heavy atom. The first-order valence-corrected chi connectivity index (χ1v) is 5.32. The number of aliphatic hydroxyl groups is 1. The standard InChI is InChI=1S/C11H11ClFNO2/c12-7-1-2-8(9(13)5-7)10(16)14-11(6-15)3-4-11/h1-2,5,15H,3-4,6H2,(H,14,16). The molecule has 0 heterocycles. The van der Waals surface area contributed by atoms with Crippen molar-refractivity contribution in [3.05, 3.63) is 34.6 Å². The molecule has 0 bridgehead atoms. The molecule has 1 aromatic rings. The van der Waals surface area contributed by atoms with Crippen LogP contribution in [0.1, 0.15) is 23.2 Å². The van der Waals surface area contributed by atoms with E-state index < -0.39 is 17.3 Å². The van der Waals surface area contributed by atoms with Gasteiger partial charge in [-0.05, 0) is 31.0 Å². The van der Waals surface area contributed by atoms with Crippen LogP contribution in [0.2, 0.25) is 5.02 Å². The van der Waals surface area contributed by atoms with E-state index in [1.807, 2.05) is 0 Å². The van der Waals surface area contributed by atoms with E-state index in [1.165, 1.54) is 12.1 Å². The molecule has 1 aliphatic carbocycles. The lowest BCUT2D eigenvalue weighted by Crippen LogP contribution is -2.39. The van der Waals surface area contributed by atoms with Crippen LogP contribution in [-0.4, -0.2) is 23.2 Å². The zero-order valence-corrected chi connectivity index (χ0v) is 9.22. The number of carbonyl (C=O) groups is 1. The van der Waals surface area contributed by atoms with Gasteiger partial charge in [0.15, 0.2) is 0 Å². The number of benzene rings is 1. The largest absolute Gasteiger partial charge is 0.394 e. The molecule has 1 fully saturated rings. The van der Waals surface area contributed by atoms with Gasteiger partial charge in [-0.3, -0.25) is 4.79 Å². The Labute approximate surface area is 97.2 Å². The number of hydrogen-bond donors (Lipinski definition) is 2. The third-order valence-electron chi connectivity index (χ3n) is 2.71. The second-order valence-corrected chi connectivity index (χ2v) is 4.45. The minimum Gasteiger partial charge on any atom is -0.394 e. The van der Waals surface area contributed by atoms with Gasteiger partial charge in [-0.2, -0.15) is 0 Å². The summed E-state index contributed by atoms with van der Waals surface area (Å²) in [6.07, 6.45) is 1.45. The van der Waals surface area contributed by atoms with Crippen molar-refractivity contribution in [2.24, 2.45) is 0 Å². The minimum absolute atomic E-state index is 0.0517. The summed E-state index contributed by atoms with van der Waals surface area (Å²) in [6, 6.07) is 3.88. The van der Waals surface area contributed by atoms with Crippen molar-refractivity contribution in [2.45, 2.75) is 18.4 Å². The maximum atomic E-state index is 13.4. The normalized spacial score (nSPS) is 16.9. The Balaban J connectivity index is 2.15. The van der Waals surface area contributed by atoms with Gasteiger partial charge in [0.2, 0.25) is 0 Å². The number of rotatable bonds is 3. The Morgan fingerprint density at radius 3 is 2.75 bits per heavy atom. The summed E-state index contributed by atoms with van der Waals surface area (Å²) in [6.45, 7) is -0.117. The van der Waals surface area contributed by atoms with Crippen LogP contribution in [0, 0.1) is 5.82 Å². The summed E-state index contributed by atoms with van der Waals surface area (Å²) in [4.78, 5) is 11.7. The van der Waals surface area contributed by atoms with Gasteiger partial charge in [0.05, 0.1) is 17.7 Å². The van der Waals surface area contributed by atoms with Crippen LogP contribution in [0.25, 0.3) is 0 Å². The van der Waals surface area contributed by atoms with Crippen LogP contribution in [-0.2, 0) is 0 Å². The van der Waals surface area contributed by atoms with E-state index >= 15 is 0 Å². The summed E-state index contributed by atoms with van der Waals surface area (Å²) in [5.41, 5.74) is -0.590. The van der Waals surface area contributed by atoms with E-state index in [2.05, 4.69) is 5.32 Å². The number of aliphatic hydroxyl groups excluding tert-OH is 1. The molecule has 0 radical (unpaired) electrons. The van der Waals surface area contributed by atoms with E-state index in [1.54, 1.807) is 0 Å². The average molecular weight is 244 g/mol. The van der Waals surface area contributed by atoms with Crippen LogP contribution in [0.3, 0.4) is 0 Å². The fraction of sp³-hybridized carbons (Fsp3) is 0.364. The van der Waals surface area contributed by atoms with Crippen molar-refractivity contribution < 1.29 is 14.3 Å². The maximum Gasteiger partial charge on any atom is 0.254 e. The Morgan fingerprint density at radius 2 is 2.25 bits per heavy atom. The highest BCUT2D eigenvalue weighted by atomic mass is 35.5. The molecule has 86 valence electrons. The highest BCUT2D eigenvalue weighted by Crippen LogP contribution is 2.34. The maximum absolute atomic E-state index is 13.4. The highest BCUT2D eigenvalue weighted by molar-refractivity contribution is 6.30. The third kappa shape index (κ3) is 2.18. The topological polar surface area (TPSA) is 49.3 Å². The monoisotopic (exact) mass is 243 g/mol. The lowest BCUT2D eigenvalue weighted by molar-refractivity contribution is 0.0902. The van der Waals surface area contributed by atoms with Gasteiger partial charge < -0.3 is 10.4 Å². The molecule has 0 aliphatic heterocycles. The minimum atomic E-state index is -0.654. The number of halogens is 2. The van der Waals surface area contributed by atoms with Crippen LogP contribution in [0.4, 0.5) is 4.39 Å². The predicted molar refractivity (Wildman–Crippen MR) is 57.9 cm³/mol. The van der Waals surface area contributed by atoms with Crippen molar-refractivity contribution in [3.8, 4) is 0 Å². The third-order valence-corrected chi connectivity index (χ3v) is 2.95. The van der Waals surface area contributed by atoms with E-state index in [0.717, 1.165) is 18.9 Å². The molecule has 2 rings (SSSR count). The van der Waals surface area contributed by atoms with Gasteiger partial charge in [-0.15, -0.1) is 0 Å². The lowest BCUT2D eigenvalue weighted by Gasteiger charge is -2.14. The first-order chi connectivity index (χ1) is 7.56. The molecule has 16 heavy (non-hydrogen) atoms. The van der Waals surface area contributed by atoms with Gasteiger partial charge >= 0.3 is 0 Å². The van der Waals surface area contributed by atoms with Gasteiger partial charge in [-0.1, -0.05) is 11.6 Å². The second kappa shape index (κ2) is 4.03. The van der Waals surface area contributed by atoms with E-state index in [9.17, 15) is 9.18 Å². The molecule has 5 heteroatoms. The molecule has 0 unspecified atom stereocenters. The number of nitrogens with one attached hydrogen (secondary N) is 1. The molecule has 0 saturated heterocycles. The number of hydrogen-bond acceptors (Lipinski definition) is 2. The summed E-state index contributed by atoms with van der Waals surface area (Å²) < 4.78 is 13.4. The lowest BCUT2D eigenvalue weighted by atomic mass is 10.1. The van der Waals surface area contributed by atoms with Crippen molar-refractivity contribution in [2.75, 3.05) is 6.61 Å². The summed E-state index contributed by atoms with van der Waals surface area (Å²) >= 11 is 5.58. The summed E-state index contributed by atoms with van der Waals surface area (Å²) in [5, 5.41) is 11.9. The van der Waals surface area contributed by atoms with Crippen LogP contribution >= 0.6 is 11.6 Å². The van der Waals surface area contributed by atoms with Crippen LogP contribution in [0.5, 0.6) is 0 Å². The molecule has 0 aromatic heterocycles. The smallest absolute Gasteiger partial charge is 0.254 e. The van der Waals surface area contributed by atoms with Gasteiger partial charge in [0, 0.05) is 5.02 Å². The quantitative estimate of drug-likeness (QED) is 0.850. The molecule has 1 saturated carbocycles. The highest BCUT2D eigenvalue weighted by Gasteiger charge is 2.43. The molecule has 0 atom stereocenters. The second-order valence-electron chi connectivity index (χ2n) is 4.02. The first kappa shape index (κ1) is 11.4. The van der Waals surface area contributed by atoms with Crippen molar-refractivity contribution in [1.82, 2.24) is 5.32 Å². The zero-order chi connectivity index (χ0) is 11.8. The molecular formula is C11H11ClFNO2. The molecule has 1 aromatic carbocycles. The van der Waals surface area contributed by atoms with Crippen molar-refractivity contribution in [3.63, 3.8) is 0 Å². The van der Waals surface area contributed by atoms with Crippen LogP contribution in [0.15, 0.2) is 18.2 Å². The van der Waals surface area contributed by atoms with Gasteiger partial charge in [0.1, 0.15) is 5.82 Å². The van der Waals surface area contributed by atoms with E-state index in [-0.39, 0.29) is 17.2 Å². The summed E-state index contributed by atoms with van der Waals surface area (Å²) in [7, 11) is 0. The Kier molecular flexibility index (Phi) is 2.86.